The molecule has 0 bridgehead atoms. The molecule has 14 heavy (non-hydrogen) atoms. The Morgan fingerprint density at radius 2 is 1.71 bits per heavy atom. The average molecular weight is 221 g/mol. The molecule has 1 aliphatic rings. The monoisotopic (exact) mass is 221 g/mol. The van der Waals surface area contributed by atoms with Crippen LogP contribution in [0.25, 0.3) is 0 Å². The third-order valence-corrected chi connectivity index (χ3v) is 5.07. The first-order chi connectivity index (χ1) is 6.30. The summed E-state index contributed by atoms with van der Waals surface area (Å²) < 4.78 is 23.2. The van der Waals surface area contributed by atoms with E-state index in [-0.39, 0.29) is 0 Å². The Morgan fingerprint density at radius 3 is 2.07 bits per heavy atom. The first-order valence-corrected chi connectivity index (χ1v) is 5.97. The van der Waals surface area contributed by atoms with Gasteiger partial charge in [0.2, 0.25) is 10.0 Å². The van der Waals surface area contributed by atoms with Crippen LogP contribution in [0.3, 0.4) is 0 Å². The second-order valence-corrected chi connectivity index (χ2v) is 6.41. The molecule has 0 radical (unpaired) electrons. The number of hydrogen-bond donors (Lipinski definition) is 1. The van der Waals surface area contributed by atoms with Crippen molar-refractivity contribution in [1.82, 2.24) is 4.31 Å². The highest BCUT2D eigenvalue weighted by Gasteiger charge is 2.46. The fraction of sp³-hybridized carbons (Fsp3) is 0.875. The summed E-state index contributed by atoms with van der Waals surface area (Å²) in [6.45, 7) is 3.34. The van der Waals surface area contributed by atoms with Crippen molar-refractivity contribution in [2.24, 2.45) is 0 Å². The van der Waals surface area contributed by atoms with E-state index in [0.717, 1.165) is 12.8 Å². The minimum Gasteiger partial charge on any atom is -0.480 e. The smallest absolute Gasteiger partial charge is 0.325 e. The highest BCUT2D eigenvalue weighted by atomic mass is 32.2. The third-order valence-electron chi connectivity index (χ3n) is 2.56. The Kier molecular flexibility index (Phi) is 2.87. The lowest BCUT2D eigenvalue weighted by Gasteiger charge is -2.26. The zero-order valence-corrected chi connectivity index (χ0v) is 9.17. The molecule has 1 heterocycles. The van der Waals surface area contributed by atoms with Gasteiger partial charge in [-0.05, 0) is 26.7 Å². The summed E-state index contributed by atoms with van der Waals surface area (Å²) in [4.78, 5) is 10.8. The van der Waals surface area contributed by atoms with Gasteiger partial charge in [-0.2, -0.15) is 0 Å². The van der Waals surface area contributed by atoms with E-state index in [1.165, 1.54) is 18.2 Å². The van der Waals surface area contributed by atoms with Gasteiger partial charge in [0.05, 0.1) is 0 Å². The van der Waals surface area contributed by atoms with Gasteiger partial charge in [0.15, 0.2) is 4.75 Å². The van der Waals surface area contributed by atoms with Crippen LogP contribution in [0.2, 0.25) is 0 Å². The van der Waals surface area contributed by atoms with Gasteiger partial charge >= 0.3 is 5.97 Å². The maximum absolute atomic E-state index is 11.8. The molecule has 0 aliphatic carbocycles. The standard InChI is InChI=1S/C8H15NO4S/c1-8(2,7(10)11)14(12,13)9-5-3-4-6-9/h3-6H2,1-2H3,(H,10,11). The number of aliphatic carboxylic acids is 1. The lowest BCUT2D eigenvalue weighted by Crippen LogP contribution is -2.48. The molecule has 0 aromatic rings. The maximum atomic E-state index is 11.8. The molecule has 1 fully saturated rings. The number of carboxylic acid groups (broad SMARTS) is 1. The van der Waals surface area contributed by atoms with E-state index in [0.29, 0.717) is 13.1 Å². The van der Waals surface area contributed by atoms with Gasteiger partial charge in [-0.1, -0.05) is 0 Å². The van der Waals surface area contributed by atoms with E-state index in [1.807, 2.05) is 0 Å². The number of sulfonamides is 1. The lowest BCUT2D eigenvalue weighted by atomic mass is 10.2. The predicted molar refractivity (Wildman–Crippen MR) is 51.4 cm³/mol. The summed E-state index contributed by atoms with van der Waals surface area (Å²) in [5, 5.41) is 8.83. The Bertz CT molecular complexity index is 327. The van der Waals surface area contributed by atoms with Gasteiger partial charge in [0, 0.05) is 13.1 Å². The molecule has 1 rings (SSSR count). The number of hydrogen-bond acceptors (Lipinski definition) is 3. The number of carbonyl (C=O) groups is 1. The van der Waals surface area contributed by atoms with Crippen molar-refractivity contribution < 1.29 is 18.3 Å². The van der Waals surface area contributed by atoms with Crippen LogP contribution in [-0.2, 0) is 14.8 Å². The third kappa shape index (κ3) is 1.64. The molecule has 82 valence electrons. The molecule has 1 aliphatic heterocycles. The minimum atomic E-state index is -3.70. The molecule has 0 spiro atoms. The molecule has 0 amide bonds. The maximum Gasteiger partial charge on any atom is 0.325 e. The molecule has 0 aromatic carbocycles. The van der Waals surface area contributed by atoms with E-state index in [9.17, 15) is 13.2 Å². The van der Waals surface area contributed by atoms with E-state index < -0.39 is 20.7 Å². The molecular formula is C8H15NO4S. The molecular weight excluding hydrogens is 206 g/mol. The molecule has 0 atom stereocenters. The molecule has 1 saturated heterocycles. The molecule has 1 N–H and O–H groups in total. The lowest BCUT2D eigenvalue weighted by molar-refractivity contribution is -0.139. The van der Waals surface area contributed by atoms with Crippen LogP contribution in [0.4, 0.5) is 0 Å². The molecule has 0 unspecified atom stereocenters. The fourth-order valence-corrected chi connectivity index (χ4v) is 2.97. The summed E-state index contributed by atoms with van der Waals surface area (Å²) in [6.07, 6.45) is 1.63. The van der Waals surface area contributed by atoms with Crippen LogP contribution in [0.15, 0.2) is 0 Å². The van der Waals surface area contributed by atoms with E-state index in [1.54, 1.807) is 0 Å². The largest absolute Gasteiger partial charge is 0.480 e. The highest BCUT2D eigenvalue weighted by Crippen LogP contribution is 2.24. The van der Waals surface area contributed by atoms with Crippen LogP contribution < -0.4 is 0 Å². The Morgan fingerprint density at radius 1 is 1.29 bits per heavy atom. The van der Waals surface area contributed by atoms with Crippen LogP contribution >= 0.6 is 0 Å². The summed E-state index contributed by atoms with van der Waals surface area (Å²) in [7, 11) is -3.70. The quantitative estimate of drug-likeness (QED) is 0.742. The number of rotatable bonds is 3. The molecule has 5 nitrogen and oxygen atoms in total. The van der Waals surface area contributed by atoms with Crippen LogP contribution in [0, 0.1) is 0 Å². The van der Waals surface area contributed by atoms with Crippen molar-refractivity contribution in [3.63, 3.8) is 0 Å². The fourth-order valence-electron chi connectivity index (χ4n) is 1.36. The van der Waals surface area contributed by atoms with Crippen molar-refractivity contribution in [3.8, 4) is 0 Å². The normalized spacial score (nSPS) is 19.9. The topological polar surface area (TPSA) is 74.7 Å². The summed E-state index contributed by atoms with van der Waals surface area (Å²) in [5.41, 5.74) is 0. The molecule has 0 aromatic heterocycles. The Hall–Kier alpha value is -0.620. The van der Waals surface area contributed by atoms with Gasteiger partial charge in [-0.25, -0.2) is 12.7 Å². The second kappa shape index (κ2) is 3.51. The summed E-state index contributed by atoms with van der Waals surface area (Å²) in [5.74, 6) is -1.30. The van der Waals surface area contributed by atoms with E-state index in [4.69, 9.17) is 5.11 Å². The van der Waals surface area contributed by atoms with Gasteiger partial charge in [0.25, 0.3) is 0 Å². The number of nitrogens with zero attached hydrogens (tertiary/aromatic N) is 1. The van der Waals surface area contributed by atoms with Crippen LogP contribution in [0.5, 0.6) is 0 Å². The van der Waals surface area contributed by atoms with Crippen molar-refractivity contribution in [3.05, 3.63) is 0 Å². The second-order valence-electron chi connectivity index (χ2n) is 3.93. The molecule has 0 saturated carbocycles. The number of carboxylic acids is 1. The van der Waals surface area contributed by atoms with Gasteiger partial charge < -0.3 is 5.11 Å². The van der Waals surface area contributed by atoms with E-state index in [2.05, 4.69) is 0 Å². The Labute approximate surface area is 83.8 Å². The Balaban J connectivity index is 3.00. The van der Waals surface area contributed by atoms with Gasteiger partial charge in [-0.3, -0.25) is 4.79 Å². The van der Waals surface area contributed by atoms with Gasteiger partial charge in [0.1, 0.15) is 0 Å². The minimum absolute atomic E-state index is 0.443. The first kappa shape index (κ1) is 11.5. The van der Waals surface area contributed by atoms with Crippen molar-refractivity contribution in [1.29, 1.82) is 0 Å². The van der Waals surface area contributed by atoms with Crippen molar-refractivity contribution >= 4 is 16.0 Å². The van der Waals surface area contributed by atoms with Crippen LogP contribution in [-0.4, -0.2) is 41.6 Å². The highest BCUT2D eigenvalue weighted by molar-refractivity contribution is 7.91. The summed E-state index contributed by atoms with van der Waals surface area (Å²) in [6, 6.07) is 0. The first-order valence-electron chi connectivity index (χ1n) is 4.53. The van der Waals surface area contributed by atoms with Crippen molar-refractivity contribution in [2.75, 3.05) is 13.1 Å². The predicted octanol–water partition coefficient (Wildman–Crippen LogP) is 0.275. The average Bonchev–Trinajstić information content (AvgIpc) is 2.55. The van der Waals surface area contributed by atoms with E-state index >= 15 is 0 Å². The van der Waals surface area contributed by atoms with Crippen molar-refractivity contribution in [2.45, 2.75) is 31.4 Å². The zero-order chi connectivity index (χ0) is 11.0. The molecule has 6 heteroatoms. The zero-order valence-electron chi connectivity index (χ0n) is 8.36. The summed E-state index contributed by atoms with van der Waals surface area (Å²) >= 11 is 0. The SMILES string of the molecule is CC(C)(C(=O)O)S(=O)(=O)N1CCCC1. The van der Waals surface area contributed by atoms with Gasteiger partial charge in [-0.15, -0.1) is 0 Å². The van der Waals surface area contributed by atoms with Crippen LogP contribution in [0.1, 0.15) is 26.7 Å².